The standard InChI is InChI=1S/C25H43NO3/c1-2-3-4-5-6-7-8-9-10-11-12-13-17-20-24(23(26)21-27)29-25(28)22-18-15-14-16-19-22/h14-16,18-19,23-24,27H,2-13,17,20-21,26H2,1H3/t23-,24+/m0/s1. The number of unbranched alkanes of at least 4 members (excludes halogenated alkanes) is 12. The third-order valence-electron chi connectivity index (χ3n) is 5.55. The number of hydrogen-bond acceptors (Lipinski definition) is 4. The first-order chi connectivity index (χ1) is 14.2. The molecule has 0 heterocycles. The molecule has 0 amide bonds. The number of esters is 1. The molecule has 0 saturated heterocycles. The fourth-order valence-corrected chi connectivity index (χ4v) is 3.62. The number of carbonyl (C=O) groups excluding carboxylic acids is 1. The summed E-state index contributed by atoms with van der Waals surface area (Å²) < 4.78 is 5.57. The van der Waals surface area contributed by atoms with Crippen LogP contribution in [-0.4, -0.2) is 29.8 Å². The summed E-state index contributed by atoms with van der Waals surface area (Å²) in [5.74, 6) is -0.366. The van der Waals surface area contributed by atoms with E-state index < -0.39 is 12.1 Å². The van der Waals surface area contributed by atoms with E-state index in [9.17, 15) is 9.90 Å². The van der Waals surface area contributed by atoms with Gasteiger partial charge in [-0.05, 0) is 25.0 Å². The van der Waals surface area contributed by atoms with Crippen molar-refractivity contribution in [2.24, 2.45) is 5.73 Å². The molecule has 1 rings (SSSR count). The SMILES string of the molecule is CCCCCCCCCCCCCCC[C@@H](OC(=O)c1ccccc1)[C@@H](N)CO. The maximum atomic E-state index is 12.2. The highest BCUT2D eigenvalue weighted by molar-refractivity contribution is 5.89. The molecule has 0 saturated carbocycles. The van der Waals surface area contributed by atoms with E-state index in [1.54, 1.807) is 12.1 Å². The van der Waals surface area contributed by atoms with Gasteiger partial charge in [0, 0.05) is 0 Å². The van der Waals surface area contributed by atoms with Gasteiger partial charge < -0.3 is 15.6 Å². The van der Waals surface area contributed by atoms with Crippen LogP contribution in [-0.2, 0) is 4.74 Å². The summed E-state index contributed by atoms with van der Waals surface area (Å²) in [6, 6.07) is 8.42. The van der Waals surface area contributed by atoms with Gasteiger partial charge in [-0.1, -0.05) is 102 Å². The van der Waals surface area contributed by atoms with Crippen molar-refractivity contribution in [1.82, 2.24) is 0 Å². The minimum absolute atomic E-state index is 0.175. The maximum absolute atomic E-state index is 12.2. The number of nitrogens with two attached hydrogens (primary N) is 1. The third kappa shape index (κ3) is 12.7. The second-order valence-electron chi connectivity index (χ2n) is 8.19. The average molecular weight is 406 g/mol. The fraction of sp³-hybridized carbons (Fsp3) is 0.720. The first-order valence-electron chi connectivity index (χ1n) is 11.8. The second kappa shape index (κ2) is 17.5. The zero-order valence-electron chi connectivity index (χ0n) is 18.5. The molecule has 29 heavy (non-hydrogen) atoms. The quantitative estimate of drug-likeness (QED) is 0.232. The molecule has 0 aliphatic heterocycles. The molecule has 2 atom stereocenters. The van der Waals surface area contributed by atoms with Crippen LogP contribution in [0.2, 0.25) is 0 Å². The van der Waals surface area contributed by atoms with Crippen molar-refractivity contribution in [1.29, 1.82) is 0 Å². The number of carbonyl (C=O) groups is 1. The van der Waals surface area contributed by atoms with Gasteiger partial charge in [0.2, 0.25) is 0 Å². The van der Waals surface area contributed by atoms with Crippen LogP contribution in [0.4, 0.5) is 0 Å². The van der Waals surface area contributed by atoms with E-state index in [0.29, 0.717) is 12.0 Å². The van der Waals surface area contributed by atoms with Gasteiger partial charge in [-0.2, -0.15) is 0 Å². The largest absolute Gasteiger partial charge is 0.457 e. The summed E-state index contributed by atoms with van der Waals surface area (Å²) in [7, 11) is 0. The smallest absolute Gasteiger partial charge is 0.338 e. The molecular weight excluding hydrogens is 362 g/mol. The number of ether oxygens (including phenoxy) is 1. The van der Waals surface area contributed by atoms with Gasteiger partial charge in [-0.3, -0.25) is 0 Å². The molecule has 4 heteroatoms. The molecule has 4 nitrogen and oxygen atoms in total. The lowest BCUT2D eigenvalue weighted by atomic mass is 10.0. The third-order valence-corrected chi connectivity index (χ3v) is 5.55. The van der Waals surface area contributed by atoms with Crippen molar-refractivity contribution < 1.29 is 14.6 Å². The van der Waals surface area contributed by atoms with Gasteiger partial charge in [-0.25, -0.2) is 4.79 Å². The van der Waals surface area contributed by atoms with Gasteiger partial charge in [0.15, 0.2) is 0 Å². The molecule has 0 aromatic heterocycles. The Morgan fingerprint density at radius 3 is 1.83 bits per heavy atom. The Balaban J connectivity index is 2.09. The van der Waals surface area contributed by atoms with Crippen molar-refractivity contribution >= 4 is 5.97 Å². The average Bonchev–Trinajstić information content (AvgIpc) is 2.76. The predicted molar refractivity (Wildman–Crippen MR) is 121 cm³/mol. The van der Waals surface area contributed by atoms with Gasteiger partial charge in [0.05, 0.1) is 18.2 Å². The zero-order chi connectivity index (χ0) is 21.2. The Hall–Kier alpha value is -1.39. The van der Waals surface area contributed by atoms with Crippen molar-refractivity contribution in [3.05, 3.63) is 35.9 Å². The van der Waals surface area contributed by atoms with Gasteiger partial charge in [-0.15, -0.1) is 0 Å². The summed E-state index contributed by atoms with van der Waals surface area (Å²) in [6.07, 6.45) is 17.2. The molecule has 0 bridgehead atoms. The lowest BCUT2D eigenvalue weighted by Gasteiger charge is -2.22. The molecule has 1 aromatic rings. The minimum Gasteiger partial charge on any atom is -0.457 e. The van der Waals surface area contributed by atoms with E-state index >= 15 is 0 Å². The summed E-state index contributed by atoms with van der Waals surface area (Å²) in [4.78, 5) is 12.2. The van der Waals surface area contributed by atoms with Crippen molar-refractivity contribution in [3.63, 3.8) is 0 Å². The van der Waals surface area contributed by atoms with E-state index in [2.05, 4.69) is 6.92 Å². The fourth-order valence-electron chi connectivity index (χ4n) is 3.62. The van der Waals surface area contributed by atoms with Crippen LogP contribution in [0.5, 0.6) is 0 Å². The molecule has 0 unspecified atom stereocenters. The normalized spacial score (nSPS) is 13.2. The van der Waals surface area contributed by atoms with Gasteiger partial charge in [0.25, 0.3) is 0 Å². The number of benzene rings is 1. The second-order valence-corrected chi connectivity index (χ2v) is 8.19. The van der Waals surface area contributed by atoms with E-state index in [-0.39, 0.29) is 12.6 Å². The highest BCUT2D eigenvalue weighted by atomic mass is 16.5. The Morgan fingerprint density at radius 2 is 1.34 bits per heavy atom. The maximum Gasteiger partial charge on any atom is 0.338 e. The Morgan fingerprint density at radius 1 is 0.862 bits per heavy atom. The van der Waals surface area contributed by atoms with Crippen LogP contribution in [0.25, 0.3) is 0 Å². The minimum atomic E-state index is -0.528. The first kappa shape index (κ1) is 25.6. The molecule has 3 N–H and O–H groups in total. The van der Waals surface area contributed by atoms with Crippen LogP contribution >= 0.6 is 0 Å². The molecule has 0 spiro atoms. The molecule has 0 aliphatic carbocycles. The zero-order valence-corrected chi connectivity index (χ0v) is 18.5. The predicted octanol–water partition coefficient (Wildman–Crippen LogP) is 6.01. The topological polar surface area (TPSA) is 72.5 Å². The molecule has 0 radical (unpaired) electrons. The summed E-state index contributed by atoms with van der Waals surface area (Å²) >= 11 is 0. The Kier molecular flexibility index (Phi) is 15.4. The van der Waals surface area contributed by atoms with Crippen LogP contribution in [0.1, 0.15) is 107 Å². The van der Waals surface area contributed by atoms with Crippen molar-refractivity contribution in [2.75, 3.05) is 6.61 Å². The lowest BCUT2D eigenvalue weighted by molar-refractivity contribution is 0.0150. The Bertz CT molecular complexity index is 506. The van der Waals surface area contributed by atoms with E-state index in [0.717, 1.165) is 12.8 Å². The highest BCUT2D eigenvalue weighted by Gasteiger charge is 2.22. The van der Waals surface area contributed by atoms with Gasteiger partial charge in [0.1, 0.15) is 6.10 Å². The number of aliphatic hydroxyl groups excluding tert-OH is 1. The van der Waals surface area contributed by atoms with Crippen molar-refractivity contribution in [3.8, 4) is 0 Å². The van der Waals surface area contributed by atoms with Crippen molar-refractivity contribution in [2.45, 2.75) is 109 Å². The Labute approximate surface area is 178 Å². The van der Waals surface area contributed by atoms with Gasteiger partial charge >= 0.3 is 5.97 Å². The van der Waals surface area contributed by atoms with E-state index in [4.69, 9.17) is 10.5 Å². The van der Waals surface area contributed by atoms with E-state index in [1.165, 1.54) is 70.6 Å². The molecule has 166 valence electrons. The van der Waals surface area contributed by atoms with Crippen LogP contribution < -0.4 is 5.73 Å². The summed E-state index contributed by atoms with van der Waals surface area (Å²) in [6.45, 7) is 2.09. The van der Waals surface area contributed by atoms with Crippen LogP contribution in [0.3, 0.4) is 0 Å². The summed E-state index contributed by atoms with van der Waals surface area (Å²) in [5.41, 5.74) is 6.48. The highest BCUT2D eigenvalue weighted by Crippen LogP contribution is 2.16. The monoisotopic (exact) mass is 405 g/mol. The number of aliphatic hydroxyl groups is 1. The molecule has 0 aliphatic rings. The molecular formula is C25H43NO3. The molecule has 0 fully saturated rings. The van der Waals surface area contributed by atoms with E-state index in [1.807, 2.05) is 18.2 Å². The number of rotatable bonds is 18. The lowest BCUT2D eigenvalue weighted by Crippen LogP contribution is -2.41. The first-order valence-corrected chi connectivity index (χ1v) is 11.8. The van der Waals surface area contributed by atoms with Crippen LogP contribution in [0, 0.1) is 0 Å². The number of hydrogen-bond donors (Lipinski definition) is 2. The molecule has 1 aromatic carbocycles. The summed E-state index contributed by atoms with van der Waals surface area (Å²) in [5, 5.41) is 9.38. The van der Waals surface area contributed by atoms with Crippen LogP contribution in [0.15, 0.2) is 30.3 Å².